The molecule has 0 aliphatic heterocycles. The molecule has 0 saturated heterocycles. The van der Waals surface area contributed by atoms with Gasteiger partial charge in [-0.05, 0) is 25.0 Å². The Morgan fingerprint density at radius 2 is 1.84 bits per heavy atom. The number of hydrogen-bond donors (Lipinski definition) is 1. The number of aromatic nitrogens is 2. The van der Waals surface area contributed by atoms with E-state index in [9.17, 15) is 8.42 Å². The lowest BCUT2D eigenvalue weighted by atomic mass is 10.1. The fourth-order valence-corrected chi connectivity index (χ4v) is 5.45. The fourth-order valence-electron chi connectivity index (χ4n) is 3.34. The van der Waals surface area contributed by atoms with Crippen molar-refractivity contribution in [3.63, 3.8) is 0 Å². The summed E-state index contributed by atoms with van der Waals surface area (Å²) in [6.45, 7) is 0. The lowest BCUT2D eigenvalue weighted by molar-refractivity contribution is 0.368. The van der Waals surface area contributed by atoms with Crippen molar-refractivity contribution < 1.29 is 12.9 Å². The van der Waals surface area contributed by atoms with Crippen LogP contribution in [0.2, 0.25) is 0 Å². The van der Waals surface area contributed by atoms with Gasteiger partial charge in [0.2, 0.25) is 15.9 Å². The van der Waals surface area contributed by atoms with Crippen molar-refractivity contribution in [3.8, 4) is 0 Å². The van der Waals surface area contributed by atoms with Crippen LogP contribution < -0.4 is 4.72 Å². The summed E-state index contributed by atoms with van der Waals surface area (Å²) in [7, 11) is -3.73. The number of nitrogens with zero attached hydrogens (tertiary/aromatic N) is 2. The molecule has 1 aromatic carbocycles. The van der Waals surface area contributed by atoms with Gasteiger partial charge < -0.3 is 4.52 Å². The predicted molar refractivity (Wildman–Crippen MR) is 93.2 cm³/mol. The molecule has 1 N–H and O–H groups in total. The summed E-state index contributed by atoms with van der Waals surface area (Å²) in [4.78, 5) is 4.58. The Hall–Kier alpha value is -1.15. The monoisotopic (exact) mass is 401 g/mol. The maximum absolute atomic E-state index is 12.5. The molecule has 0 amide bonds. The molecule has 6 nitrogen and oxygen atoms in total. The molecule has 0 bridgehead atoms. The SMILES string of the molecule is O=S(=O)(NC1C(c2nc(C3CCCC3)no2)C1(Cl)Cl)c1ccccc1. The zero-order valence-electron chi connectivity index (χ0n) is 13.2. The van der Waals surface area contributed by atoms with Crippen LogP contribution in [-0.2, 0) is 10.0 Å². The number of halogens is 2. The molecule has 2 atom stereocenters. The first-order valence-corrected chi connectivity index (χ1v) is 10.4. The Labute approximate surface area is 155 Å². The van der Waals surface area contributed by atoms with E-state index in [-0.39, 0.29) is 10.8 Å². The standard InChI is InChI=1S/C16H17Cl2N3O3S/c17-16(18)12(15-19-14(20-24-15)10-6-4-5-7-10)13(16)21-25(22,23)11-8-2-1-3-9-11/h1-3,8-10,12-13,21H,4-7H2. The van der Waals surface area contributed by atoms with Gasteiger partial charge in [-0.2, -0.15) is 4.98 Å². The molecule has 4 rings (SSSR count). The van der Waals surface area contributed by atoms with Crippen LogP contribution in [0.5, 0.6) is 0 Å². The number of sulfonamides is 1. The molecule has 2 aliphatic rings. The van der Waals surface area contributed by atoms with E-state index in [0.29, 0.717) is 11.7 Å². The van der Waals surface area contributed by atoms with Crippen molar-refractivity contribution in [2.75, 3.05) is 0 Å². The van der Waals surface area contributed by atoms with Gasteiger partial charge >= 0.3 is 0 Å². The highest BCUT2D eigenvalue weighted by Crippen LogP contribution is 2.59. The normalized spacial score (nSPS) is 26.0. The minimum absolute atomic E-state index is 0.155. The molecule has 2 unspecified atom stereocenters. The van der Waals surface area contributed by atoms with Crippen molar-refractivity contribution in [2.24, 2.45) is 0 Å². The minimum Gasteiger partial charge on any atom is -0.339 e. The summed E-state index contributed by atoms with van der Waals surface area (Å²) < 4.78 is 31.5. The van der Waals surface area contributed by atoms with Crippen molar-refractivity contribution in [3.05, 3.63) is 42.0 Å². The second-order valence-corrected chi connectivity index (χ2v) is 9.69. The van der Waals surface area contributed by atoms with Crippen LogP contribution in [0.25, 0.3) is 0 Å². The average molecular weight is 402 g/mol. The van der Waals surface area contributed by atoms with E-state index in [1.54, 1.807) is 18.2 Å². The zero-order chi connectivity index (χ0) is 17.7. The molecule has 2 fully saturated rings. The highest BCUT2D eigenvalue weighted by molar-refractivity contribution is 7.89. The Kier molecular flexibility index (Phi) is 4.30. The first kappa shape index (κ1) is 17.3. The average Bonchev–Trinajstić information content (AvgIpc) is 3.09. The Morgan fingerprint density at radius 3 is 2.52 bits per heavy atom. The summed E-state index contributed by atoms with van der Waals surface area (Å²) in [6.07, 6.45) is 4.40. The van der Waals surface area contributed by atoms with E-state index in [0.717, 1.165) is 25.7 Å². The first-order chi connectivity index (χ1) is 11.9. The minimum atomic E-state index is -3.73. The predicted octanol–water partition coefficient (Wildman–Crippen LogP) is 3.35. The molecule has 2 aromatic rings. The van der Waals surface area contributed by atoms with Crippen LogP contribution in [0, 0.1) is 0 Å². The second-order valence-electron chi connectivity index (χ2n) is 6.54. The van der Waals surface area contributed by atoms with Crippen molar-refractivity contribution in [1.29, 1.82) is 0 Å². The van der Waals surface area contributed by atoms with Gasteiger partial charge in [0.1, 0.15) is 4.33 Å². The summed E-state index contributed by atoms with van der Waals surface area (Å²) in [5.74, 6) is 0.689. The van der Waals surface area contributed by atoms with Gasteiger partial charge in [-0.15, -0.1) is 0 Å². The van der Waals surface area contributed by atoms with E-state index in [1.807, 2.05) is 0 Å². The van der Waals surface area contributed by atoms with E-state index in [4.69, 9.17) is 27.7 Å². The maximum atomic E-state index is 12.5. The third-order valence-corrected chi connectivity index (χ3v) is 7.23. The van der Waals surface area contributed by atoms with Gasteiger partial charge in [-0.1, -0.05) is 59.4 Å². The molecule has 2 aliphatic carbocycles. The number of benzene rings is 1. The molecule has 0 radical (unpaired) electrons. The highest BCUT2D eigenvalue weighted by atomic mass is 35.5. The molecule has 1 aromatic heterocycles. The van der Waals surface area contributed by atoms with Gasteiger partial charge in [-0.25, -0.2) is 13.1 Å². The third-order valence-electron chi connectivity index (χ3n) is 4.83. The largest absolute Gasteiger partial charge is 0.339 e. The number of hydrogen-bond acceptors (Lipinski definition) is 5. The Morgan fingerprint density at radius 1 is 1.16 bits per heavy atom. The molecule has 2 saturated carbocycles. The Bertz CT molecular complexity index is 864. The van der Waals surface area contributed by atoms with E-state index >= 15 is 0 Å². The molecule has 0 spiro atoms. The van der Waals surface area contributed by atoms with E-state index < -0.39 is 26.3 Å². The maximum Gasteiger partial charge on any atom is 0.240 e. The number of nitrogens with one attached hydrogen (secondary N) is 1. The van der Waals surface area contributed by atoms with Crippen molar-refractivity contribution in [2.45, 2.75) is 52.8 Å². The van der Waals surface area contributed by atoms with Crippen LogP contribution in [0.4, 0.5) is 0 Å². The Balaban J connectivity index is 1.52. The van der Waals surface area contributed by atoms with Crippen molar-refractivity contribution >= 4 is 33.2 Å². The van der Waals surface area contributed by atoms with E-state index in [2.05, 4.69) is 14.9 Å². The fraction of sp³-hybridized carbons (Fsp3) is 0.500. The molecule has 25 heavy (non-hydrogen) atoms. The van der Waals surface area contributed by atoms with Crippen LogP contribution in [-0.4, -0.2) is 28.9 Å². The number of rotatable bonds is 5. The van der Waals surface area contributed by atoms with E-state index in [1.165, 1.54) is 12.1 Å². The quantitative estimate of drug-likeness (QED) is 0.776. The summed E-state index contributed by atoms with van der Waals surface area (Å²) in [6, 6.07) is 7.36. The van der Waals surface area contributed by atoms with Gasteiger partial charge in [0.25, 0.3) is 0 Å². The zero-order valence-corrected chi connectivity index (χ0v) is 15.6. The van der Waals surface area contributed by atoms with Gasteiger partial charge in [0.15, 0.2) is 5.82 Å². The third kappa shape index (κ3) is 3.18. The lowest BCUT2D eigenvalue weighted by Crippen LogP contribution is -2.29. The molecule has 1 heterocycles. The first-order valence-electron chi connectivity index (χ1n) is 8.18. The van der Waals surface area contributed by atoms with Crippen molar-refractivity contribution in [1.82, 2.24) is 14.9 Å². The summed E-state index contributed by atoms with van der Waals surface area (Å²) in [5, 5.41) is 4.03. The molecular formula is C16H17Cl2N3O3S. The van der Waals surface area contributed by atoms with Gasteiger partial charge in [0, 0.05) is 5.92 Å². The summed E-state index contributed by atoms with van der Waals surface area (Å²) >= 11 is 12.6. The molecule has 9 heteroatoms. The number of alkyl halides is 2. The molecule has 134 valence electrons. The van der Waals surface area contributed by atoms with Crippen LogP contribution in [0.1, 0.15) is 49.2 Å². The van der Waals surface area contributed by atoms with Crippen LogP contribution in [0.15, 0.2) is 39.8 Å². The van der Waals surface area contributed by atoms with Gasteiger partial charge in [-0.3, -0.25) is 0 Å². The van der Waals surface area contributed by atoms with Crippen LogP contribution >= 0.6 is 23.2 Å². The highest BCUT2D eigenvalue weighted by Gasteiger charge is 2.68. The van der Waals surface area contributed by atoms with Crippen LogP contribution in [0.3, 0.4) is 0 Å². The van der Waals surface area contributed by atoms with Gasteiger partial charge in [0.05, 0.1) is 16.9 Å². The topological polar surface area (TPSA) is 85.1 Å². The smallest absolute Gasteiger partial charge is 0.240 e. The summed E-state index contributed by atoms with van der Waals surface area (Å²) in [5.41, 5.74) is 0. The molecular weight excluding hydrogens is 385 g/mol. The lowest BCUT2D eigenvalue weighted by Gasteiger charge is -2.05. The second kappa shape index (κ2) is 6.23.